The molecule has 2 aliphatic carbocycles. The number of carbonyl (C=O) groups excluding carboxylic acids is 3. The first-order chi connectivity index (χ1) is 14.6. The van der Waals surface area contributed by atoms with Crippen LogP contribution in [0, 0.1) is 23.2 Å². The number of fused-ring (bicyclic) bond motifs is 1. The molecule has 5 rings (SSSR count). The van der Waals surface area contributed by atoms with E-state index in [0.29, 0.717) is 30.2 Å². The summed E-state index contributed by atoms with van der Waals surface area (Å²) in [5.41, 5.74) is 5.17. The molecule has 8 heteroatoms. The normalized spacial score (nSPS) is 37.1. The summed E-state index contributed by atoms with van der Waals surface area (Å²) in [5.74, 6) is 2.20. The smallest absolute Gasteiger partial charge is 0.227 e. The van der Waals surface area contributed by atoms with Crippen LogP contribution in [0.25, 0.3) is 0 Å². The van der Waals surface area contributed by atoms with Gasteiger partial charge in [0.05, 0.1) is 23.7 Å². The van der Waals surface area contributed by atoms with E-state index in [1.165, 1.54) is 0 Å². The number of hydrogen-bond acceptors (Lipinski definition) is 5. The van der Waals surface area contributed by atoms with Crippen molar-refractivity contribution in [1.29, 1.82) is 0 Å². The van der Waals surface area contributed by atoms with Gasteiger partial charge in [-0.3, -0.25) is 14.4 Å². The number of nitrogens with one attached hydrogen (secondary N) is 3. The molecule has 3 amide bonds. The molecular weight excluding hydrogens is 396 g/mol. The third-order valence-corrected chi connectivity index (χ3v) is 6.65. The van der Waals surface area contributed by atoms with Crippen molar-refractivity contribution in [2.45, 2.75) is 98.3 Å². The minimum atomic E-state index is -0.336. The zero-order valence-electron chi connectivity index (χ0n) is 20.4. The average Bonchev–Trinajstić information content (AvgIpc) is 3.56. The molecule has 0 aromatic heterocycles. The summed E-state index contributed by atoms with van der Waals surface area (Å²) in [6, 6.07) is 0.442. The van der Waals surface area contributed by atoms with E-state index in [2.05, 4.69) is 29.8 Å². The van der Waals surface area contributed by atoms with Crippen molar-refractivity contribution in [1.82, 2.24) is 16.0 Å². The van der Waals surface area contributed by atoms with Crippen LogP contribution in [0.1, 0.15) is 80.6 Å². The SMILES string of the molecule is CC.CC.CC1(CO)CCC(=O)N1.CC1NC(=O)C2C(C)C12.NC1CC2(CC2)C(=O)N1. The summed E-state index contributed by atoms with van der Waals surface area (Å²) < 4.78 is 0. The second-order valence-corrected chi connectivity index (χ2v) is 9.09. The van der Waals surface area contributed by atoms with Crippen LogP contribution < -0.4 is 21.7 Å². The van der Waals surface area contributed by atoms with Gasteiger partial charge in [-0.1, -0.05) is 34.6 Å². The molecule has 0 radical (unpaired) electrons. The third kappa shape index (κ3) is 6.65. The summed E-state index contributed by atoms with van der Waals surface area (Å²) in [7, 11) is 0. The molecule has 5 fully saturated rings. The van der Waals surface area contributed by atoms with Gasteiger partial charge in [0, 0.05) is 18.4 Å². The zero-order chi connectivity index (χ0) is 24.0. The lowest BCUT2D eigenvalue weighted by atomic mass is 10.0. The number of aliphatic hydroxyl groups excluding tert-OH is 1. The first-order valence-corrected chi connectivity index (χ1v) is 11.9. The van der Waals surface area contributed by atoms with Crippen LogP contribution in [0.15, 0.2) is 0 Å². The lowest BCUT2D eigenvalue weighted by molar-refractivity contribution is -0.124. The van der Waals surface area contributed by atoms with Crippen LogP contribution in [-0.4, -0.2) is 47.2 Å². The van der Waals surface area contributed by atoms with Crippen LogP contribution in [0.4, 0.5) is 0 Å². The van der Waals surface area contributed by atoms with Crippen LogP contribution in [0.5, 0.6) is 0 Å². The molecule has 5 aliphatic rings. The Labute approximate surface area is 187 Å². The molecule has 1 spiro atoms. The predicted molar refractivity (Wildman–Crippen MR) is 122 cm³/mol. The molecule has 3 aliphatic heterocycles. The van der Waals surface area contributed by atoms with E-state index in [9.17, 15) is 14.4 Å². The van der Waals surface area contributed by atoms with Gasteiger partial charge in [0.15, 0.2) is 0 Å². The molecule has 0 bridgehead atoms. The highest BCUT2D eigenvalue weighted by atomic mass is 16.3. The zero-order valence-corrected chi connectivity index (χ0v) is 20.4. The minimum absolute atomic E-state index is 0.000579. The van der Waals surface area contributed by atoms with Crippen molar-refractivity contribution in [3.05, 3.63) is 0 Å². The maximum Gasteiger partial charge on any atom is 0.227 e. The number of piperidine rings is 1. The fourth-order valence-electron chi connectivity index (χ4n) is 4.53. The standard InChI is InChI=1S/C7H11NO.C6H10N2O.C6H11NO2.2C2H6/c1-3-5-4(2)8-7(9)6(3)5;7-4-3-6(1-2-6)5(9)8-4;1-6(4-8)3-2-5(9)7-6;2*1-2/h3-6H,1-2H3,(H,8,9);4H,1-3,7H2,(H,8,9);8H,2-4H2,1H3,(H,7,9);2*1-2H3. The molecule has 3 heterocycles. The number of rotatable bonds is 1. The van der Waals surface area contributed by atoms with Gasteiger partial charge < -0.3 is 26.8 Å². The highest BCUT2D eigenvalue weighted by Gasteiger charge is 2.59. The molecule has 3 saturated heterocycles. The summed E-state index contributed by atoms with van der Waals surface area (Å²) in [4.78, 5) is 32.5. The Hall–Kier alpha value is -1.67. The summed E-state index contributed by atoms with van der Waals surface area (Å²) in [6.45, 7) is 14.1. The van der Waals surface area contributed by atoms with Crippen molar-refractivity contribution >= 4 is 17.7 Å². The molecule has 180 valence electrons. The van der Waals surface area contributed by atoms with Gasteiger partial charge in [0.2, 0.25) is 17.7 Å². The highest BCUT2D eigenvalue weighted by Crippen LogP contribution is 2.52. The maximum absolute atomic E-state index is 11.0. The summed E-state index contributed by atoms with van der Waals surface area (Å²) in [6.07, 6.45) is 4.18. The van der Waals surface area contributed by atoms with Crippen LogP contribution in [-0.2, 0) is 14.4 Å². The highest BCUT2D eigenvalue weighted by molar-refractivity contribution is 5.87. The van der Waals surface area contributed by atoms with Crippen molar-refractivity contribution in [3.8, 4) is 0 Å². The van der Waals surface area contributed by atoms with Gasteiger partial charge in [-0.2, -0.15) is 0 Å². The minimum Gasteiger partial charge on any atom is -0.394 e. The predicted octanol–water partition coefficient (Wildman–Crippen LogP) is 1.66. The second-order valence-electron chi connectivity index (χ2n) is 9.09. The first-order valence-electron chi connectivity index (χ1n) is 11.9. The van der Waals surface area contributed by atoms with E-state index in [4.69, 9.17) is 10.8 Å². The van der Waals surface area contributed by atoms with Gasteiger partial charge in [-0.05, 0) is 51.4 Å². The molecule has 0 aromatic rings. The van der Waals surface area contributed by atoms with Gasteiger partial charge in [-0.15, -0.1) is 0 Å². The lowest BCUT2D eigenvalue weighted by Crippen LogP contribution is -2.41. The Kier molecular flexibility index (Phi) is 9.95. The molecule has 6 unspecified atom stereocenters. The van der Waals surface area contributed by atoms with Gasteiger partial charge in [0.25, 0.3) is 0 Å². The van der Waals surface area contributed by atoms with Gasteiger partial charge in [-0.25, -0.2) is 0 Å². The van der Waals surface area contributed by atoms with Gasteiger partial charge >= 0.3 is 0 Å². The van der Waals surface area contributed by atoms with E-state index < -0.39 is 0 Å². The lowest BCUT2D eigenvalue weighted by Gasteiger charge is -2.19. The Morgan fingerprint density at radius 3 is 1.81 bits per heavy atom. The molecule has 0 aromatic carbocycles. The molecule has 6 N–H and O–H groups in total. The first kappa shape index (κ1) is 27.4. The number of hydrogen-bond donors (Lipinski definition) is 5. The fourth-order valence-corrected chi connectivity index (χ4v) is 4.53. The van der Waals surface area contributed by atoms with Crippen molar-refractivity contribution in [2.24, 2.45) is 28.9 Å². The summed E-state index contributed by atoms with van der Waals surface area (Å²) >= 11 is 0. The topological polar surface area (TPSA) is 134 Å². The molecule has 2 saturated carbocycles. The van der Waals surface area contributed by atoms with E-state index in [1.54, 1.807) is 0 Å². The monoisotopic (exact) mass is 440 g/mol. The van der Waals surface area contributed by atoms with E-state index >= 15 is 0 Å². The largest absolute Gasteiger partial charge is 0.394 e. The van der Waals surface area contributed by atoms with Crippen LogP contribution >= 0.6 is 0 Å². The molecule has 6 atom stereocenters. The van der Waals surface area contributed by atoms with Crippen molar-refractivity contribution < 1.29 is 19.5 Å². The van der Waals surface area contributed by atoms with Crippen molar-refractivity contribution in [3.63, 3.8) is 0 Å². The third-order valence-electron chi connectivity index (χ3n) is 6.65. The average molecular weight is 441 g/mol. The Balaban J connectivity index is 0.000000215. The number of amides is 3. The molecule has 31 heavy (non-hydrogen) atoms. The van der Waals surface area contributed by atoms with Crippen LogP contribution in [0.3, 0.4) is 0 Å². The number of aliphatic hydroxyl groups is 1. The van der Waals surface area contributed by atoms with Gasteiger partial charge in [0.1, 0.15) is 0 Å². The van der Waals surface area contributed by atoms with E-state index in [1.807, 2.05) is 34.6 Å². The molecule has 8 nitrogen and oxygen atoms in total. The van der Waals surface area contributed by atoms with Crippen molar-refractivity contribution in [2.75, 3.05) is 6.61 Å². The summed E-state index contributed by atoms with van der Waals surface area (Å²) in [5, 5.41) is 17.0. The number of nitrogens with two attached hydrogens (primary N) is 1. The Morgan fingerprint density at radius 1 is 1.03 bits per heavy atom. The Morgan fingerprint density at radius 2 is 1.61 bits per heavy atom. The number of carbonyl (C=O) groups is 3. The molecular formula is C23H44N4O4. The second kappa shape index (κ2) is 11.3. The van der Waals surface area contributed by atoms with E-state index in [0.717, 1.165) is 25.7 Å². The fraction of sp³-hybridized carbons (Fsp3) is 0.870. The maximum atomic E-state index is 11.0. The quantitative estimate of drug-likeness (QED) is 0.423. The van der Waals surface area contributed by atoms with E-state index in [-0.39, 0.29) is 41.4 Å². The Bertz CT molecular complexity index is 637. The van der Waals surface area contributed by atoms with Crippen LogP contribution in [0.2, 0.25) is 0 Å².